The van der Waals surface area contributed by atoms with Crippen LogP contribution in [0.4, 0.5) is 0 Å². The molecule has 3 aromatic carbocycles. The van der Waals surface area contributed by atoms with E-state index in [9.17, 15) is 9.90 Å². The van der Waals surface area contributed by atoms with E-state index in [4.69, 9.17) is 28.2 Å². The van der Waals surface area contributed by atoms with E-state index in [-0.39, 0.29) is 47.2 Å². The molecular weight excluding hydrogens is 418 g/mol. The molecule has 1 aliphatic heterocycles. The molecule has 4 nitrogen and oxygen atoms in total. The van der Waals surface area contributed by atoms with Crippen LogP contribution in [0.2, 0.25) is 10.0 Å². The summed E-state index contributed by atoms with van der Waals surface area (Å²) in [6, 6.07) is 21.7. The van der Waals surface area contributed by atoms with Crippen molar-refractivity contribution < 1.29 is 9.90 Å². The molecule has 29 heavy (non-hydrogen) atoms. The number of halogens is 2. The molecule has 0 bridgehead atoms. The first-order valence-corrected chi connectivity index (χ1v) is 9.46. The Morgan fingerprint density at radius 3 is 2.07 bits per heavy atom. The van der Waals surface area contributed by atoms with Crippen LogP contribution in [0.25, 0.3) is 0 Å². The third-order valence-electron chi connectivity index (χ3n) is 4.70. The molecule has 0 radical (unpaired) electrons. The Morgan fingerprint density at radius 1 is 0.897 bits per heavy atom. The summed E-state index contributed by atoms with van der Waals surface area (Å²) < 4.78 is 0. The van der Waals surface area contributed by atoms with Gasteiger partial charge in [-0.05, 0) is 47.5 Å². The van der Waals surface area contributed by atoms with Crippen molar-refractivity contribution in [3.05, 3.63) is 105 Å². The third-order valence-corrected chi connectivity index (χ3v) is 5.20. The standard InChI is InChI=1S/C22H16Cl2N2O2.Na.H/c23-17-8-4-13(5-9-17)19-20(14-6-10-18(24)11-7-14)26-21(25-19)15-2-1-3-16(12-15)22(27)28;;/h1-12,19-20H,(H,25,26)(H,27,28);;. The Labute approximate surface area is 200 Å². The van der Waals surface area contributed by atoms with E-state index in [0.717, 1.165) is 16.7 Å². The molecule has 0 aromatic heterocycles. The van der Waals surface area contributed by atoms with Crippen LogP contribution in [0.3, 0.4) is 0 Å². The van der Waals surface area contributed by atoms with Crippen LogP contribution >= 0.6 is 23.2 Å². The summed E-state index contributed by atoms with van der Waals surface area (Å²) in [6.07, 6.45) is 0. The Morgan fingerprint density at radius 2 is 1.48 bits per heavy atom. The van der Waals surface area contributed by atoms with Gasteiger partial charge >= 0.3 is 35.5 Å². The molecule has 1 heterocycles. The van der Waals surface area contributed by atoms with E-state index in [1.165, 1.54) is 0 Å². The fraction of sp³-hybridized carbons (Fsp3) is 0.0909. The van der Waals surface area contributed by atoms with Crippen LogP contribution in [-0.2, 0) is 0 Å². The topological polar surface area (TPSA) is 61.7 Å². The van der Waals surface area contributed by atoms with Gasteiger partial charge in [0.15, 0.2) is 0 Å². The van der Waals surface area contributed by atoms with Gasteiger partial charge in [-0.3, -0.25) is 4.99 Å². The van der Waals surface area contributed by atoms with Crippen molar-refractivity contribution in [3.8, 4) is 0 Å². The maximum atomic E-state index is 11.3. The van der Waals surface area contributed by atoms with Crippen molar-refractivity contribution in [2.45, 2.75) is 12.1 Å². The molecule has 7 heteroatoms. The van der Waals surface area contributed by atoms with Gasteiger partial charge in [-0.1, -0.05) is 59.6 Å². The van der Waals surface area contributed by atoms with Crippen LogP contribution in [0.15, 0.2) is 77.8 Å². The monoisotopic (exact) mass is 434 g/mol. The van der Waals surface area contributed by atoms with E-state index in [1.54, 1.807) is 18.2 Å². The molecule has 4 rings (SSSR count). The third kappa shape index (κ3) is 4.85. The van der Waals surface area contributed by atoms with Crippen LogP contribution in [-0.4, -0.2) is 46.5 Å². The zero-order valence-electron chi connectivity index (χ0n) is 14.6. The number of amidine groups is 1. The molecule has 0 fully saturated rings. The summed E-state index contributed by atoms with van der Waals surface area (Å²) in [4.78, 5) is 16.2. The van der Waals surface area contributed by atoms with Crippen LogP contribution < -0.4 is 5.32 Å². The first kappa shape index (κ1) is 21.9. The van der Waals surface area contributed by atoms with Crippen LogP contribution in [0.5, 0.6) is 0 Å². The van der Waals surface area contributed by atoms with Gasteiger partial charge in [0.05, 0.1) is 11.6 Å². The second-order valence-corrected chi connectivity index (χ2v) is 7.41. The summed E-state index contributed by atoms with van der Waals surface area (Å²) >= 11 is 12.1. The number of aromatic carboxylic acids is 1. The number of hydrogen-bond donors (Lipinski definition) is 2. The molecule has 2 atom stereocenters. The van der Waals surface area contributed by atoms with E-state index < -0.39 is 5.97 Å². The average Bonchev–Trinajstić information content (AvgIpc) is 3.14. The number of rotatable bonds is 4. The molecule has 2 unspecified atom stereocenters. The molecule has 2 N–H and O–H groups in total. The predicted molar refractivity (Wildman–Crippen MR) is 119 cm³/mol. The van der Waals surface area contributed by atoms with Crippen LogP contribution in [0.1, 0.15) is 39.1 Å². The van der Waals surface area contributed by atoms with E-state index in [0.29, 0.717) is 15.9 Å². The summed E-state index contributed by atoms with van der Waals surface area (Å²) in [5.41, 5.74) is 3.01. The Bertz CT molecular complexity index is 1050. The zero-order valence-corrected chi connectivity index (χ0v) is 16.2. The van der Waals surface area contributed by atoms with Gasteiger partial charge in [0.25, 0.3) is 0 Å². The first-order chi connectivity index (χ1) is 13.5. The fourth-order valence-corrected chi connectivity index (χ4v) is 3.55. The molecule has 0 saturated heterocycles. The maximum absolute atomic E-state index is 11.3. The minimum atomic E-state index is -0.969. The van der Waals surface area contributed by atoms with E-state index >= 15 is 0 Å². The number of carboxylic acids is 1. The van der Waals surface area contributed by atoms with Gasteiger partial charge in [-0.25, -0.2) is 4.79 Å². The predicted octanol–water partition coefficient (Wildman–Crippen LogP) is 4.88. The quantitative estimate of drug-likeness (QED) is 0.575. The van der Waals surface area contributed by atoms with Crippen molar-refractivity contribution in [1.82, 2.24) is 5.32 Å². The normalized spacial score (nSPS) is 17.8. The summed E-state index contributed by atoms with van der Waals surface area (Å²) in [5, 5.41) is 14.1. The fourth-order valence-electron chi connectivity index (χ4n) is 3.30. The number of nitrogens with one attached hydrogen (secondary N) is 1. The summed E-state index contributed by atoms with van der Waals surface area (Å²) in [5.74, 6) is -0.313. The molecule has 0 amide bonds. The number of aliphatic imine (C=N–C) groups is 1. The van der Waals surface area contributed by atoms with Crippen molar-refractivity contribution in [3.63, 3.8) is 0 Å². The molecule has 0 spiro atoms. The molecular formula is C22H17Cl2N2NaO2. The van der Waals surface area contributed by atoms with Gasteiger partial charge < -0.3 is 10.4 Å². The van der Waals surface area contributed by atoms with Crippen LogP contribution in [0, 0.1) is 0 Å². The number of carbonyl (C=O) groups is 1. The first-order valence-electron chi connectivity index (χ1n) is 8.70. The average molecular weight is 435 g/mol. The van der Waals surface area contributed by atoms with Gasteiger partial charge in [0.2, 0.25) is 0 Å². The SMILES string of the molecule is O=C(O)c1cccc(C2=NC(c3ccc(Cl)cc3)C(c3ccc(Cl)cc3)N2)c1.[NaH]. The number of benzene rings is 3. The molecule has 0 saturated carbocycles. The van der Waals surface area contributed by atoms with Gasteiger partial charge in [-0.15, -0.1) is 0 Å². The molecule has 0 aliphatic carbocycles. The Hall–Kier alpha value is -1.82. The number of carboxylic acid groups (broad SMARTS) is 1. The van der Waals surface area contributed by atoms with Crippen molar-refractivity contribution >= 4 is 64.6 Å². The summed E-state index contributed by atoms with van der Waals surface area (Å²) in [7, 11) is 0. The van der Waals surface area contributed by atoms with Gasteiger partial charge in [-0.2, -0.15) is 0 Å². The Kier molecular flexibility index (Phi) is 7.04. The minimum absolute atomic E-state index is 0. The van der Waals surface area contributed by atoms with Gasteiger partial charge in [0, 0.05) is 15.6 Å². The van der Waals surface area contributed by atoms with Crippen molar-refractivity contribution in [2.75, 3.05) is 0 Å². The Balaban J connectivity index is 0.00000240. The van der Waals surface area contributed by atoms with Gasteiger partial charge in [0.1, 0.15) is 11.9 Å². The molecule has 1 aliphatic rings. The van der Waals surface area contributed by atoms with Crippen molar-refractivity contribution in [1.29, 1.82) is 0 Å². The van der Waals surface area contributed by atoms with E-state index in [2.05, 4.69) is 5.32 Å². The zero-order chi connectivity index (χ0) is 19.7. The number of nitrogens with zero attached hydrogens (tertiary/aromatic N) is 1. The van der Waals surface area contributed by atoms with E-state index in [1.807, 2.05) is 54.6 Å². The molecule has 142 valence electrons. The molecule has 3 aromatic rings. The second kappa shape index (κ2) is 9.33. The summed E-state index contributed by atoms with van der Waals surface area (Å²) in [6.45, 7) is 0. The van der Waals surface area contributed by atoms with Crippen molar-refractivity contribution in [2.24, 2.45) is 4.99 Å². The second-order valence-electron chi connectivity index (χ2n) is 6.53. The number of hydrogen-bond acceptors (Lipinski definition) is 3.